The lowest BCUT2D eigenvalue weighted by molar-refractivity contribution is -0.123. The monoisotopic (exact) mass is 477 g/mol. The molecule has 2 aliphatic rings. The number of amides is 2. The van der Waals surface area contributed by atoms with Crippen LogP contribution >= 0.6 is 11.6 Å². The van der Waals surface area contributed by atoms with Crippen molar-refractivity contribution in [2.75, 3.05) is 23.7 Å². The fraction of sp³-hybridized carbons (Fsp3) is 0.364. The topological polar surface area (TPSA) is 105 Å². The predicted molar refractivity (Wildman–Crippen MR) is 121 cm³/mol. The van der Waals surface area contributed by atoms with Gasteiger partial charge in [-0.05, 0) is 62.6 Å². The van der Waals surface area contributed by atoms with Crippen LogP contribution in [-0.2, 0) is 19.6 Å². The number of fused-ring (bicyclic) bond motifs is 1. The molecular formula is C22H24ClN3O5S. The van der Waals surface area contributed by atoms with Gasteiger partial charge in [0.15, 0.2) is 6.10 Å². The first-order valence-electron chi connectivity index (χ1n) is 10.3. The van der Waals surface area contributed by atoms with Gasteiger partial charge in [-0.15, -0.1) is 0 Å². The zero-order valence-electron chi connectivity index (χ0n) is 17.7. The van der Waals surface area contributed by atoms with Gasteiger partial charge in [0.25, 0.3) is 5.91 Å². The molecule has 0 aliphatic carbocycles. The van der Waals surface area contributed by atoms with E-state index in [1.165, 1.54) is 16.4 Å². The highest BCUT2D eigenvalue weighted by atomic mass is 35.5. The Bertz CT molecular complexity index is 1180. The van der Waals surface area contributed by atoms with Crippen LogP contribution in [0.15, 0.2) is 41.3 Å². The second kappa shape index (κ2) is 8.73. The highest BCUT2D eigenvalue weighted by Gasteiger charge is 2.33. The number of carbonyl (C=O) groups is 2. The van der Waals surface area contributed by atoms with E-state index in [1.807, 2.05) is 6.92 Å². The molecule has 0 unspecified atom stereocenters. The van der Waals surface area contributed by atoms with E-state index in [4.69, 9.17) is 16.3 Å². The molecule has 170 valence electrons. The van der Waals surface area contributed by atoms with Crippen LogP contribution in [0.1, 0.15) is 25.3 Å². The number of sulfonamides is 1. The first-order chi connectivity index (χ1) is 15.2. The molecule has 8 nitrogen and oxygen atoms in total. The lowest BCUT2D eigenvalue weighted by atomic mass is 9.97. The summed E-state index contributed by atoms with van der Waals surface area (Å²) in [6.45, 7) is 3.91. The molecule has 1 saturated heterocycles. The molecule has 1 atom stereocenters. The number of benzene rings is 2. The summed E-state index contributed by atoms with van der Waals surface area (Å²) in [5, 5.41) is 6.15. The molecular weight excluding hydrogens is 454 g/mol. The van der Waals surface area contributed by atoms with Gasteiger partial charge >= 0.3 is 0 Å². The number of nitrogens with one attached hydrogen (secondary N) is 2. The Morgan fingerprint density at radius 1 is 1.22 bits per heavy atom. The summed E-state index contributed by atoms with van der Waals surface area (Å²) in [6, 6.07) is 9.75. The van der Waals surface area contributed by atoms with Crippen molar-refractivity contribution >= 4 is 44.8 Å². The van der Waals surface area contributed by atoms with Gasteiger partial charge in [0.1, 0.15) is 5.75 Å². The number of ether oxygens (including phenoxy) is 1. The number of rotatable bonds is 4. The van der Waals surface area contributed by atoms with Crippen LogP contribution < -0.4 is 15.4 Å². The third-order valence-electron chi connectivity index (χ3n) is 5.87. The molecule has 0 radical (unpaired) electrons. The van der Waals surface area contributed by atoms with Crippen LogP contribution in [0.5, 0.6) is 5.75 Å². The minimum atomic E-state index is -3.77. The zero-order valence-corrected chi connectivity index (χ0v) is 19.3. The number of hydrogen-bond donors (Lipinski definition) is 2. The molecule has 2 amide bonds. The molecule has 0 bridgehead atoms. The van der Waals surface area contributed by atoms with Crippen molar-refractivity contribution in [3.8, 4) is 5.75 Å². The van der Waals surface area contributed by atoms with Crippen LogP contribution in [0.3, 0.4) is 0 Å². The van der Waals surface area contributed by atoms with Gasteiger partial charge in [0.2, 0.25) is 15.9 Å². The second-order valence-corrected chi connectivity index (χ2v) is 10.3. The van der Waals surface area contributed by atoms with Crippen LogP contribution in [0, 0.1) is 12.8 Å². The van der Waals surface area contributed by atoms with Gasteiger partial charge < -0.3 is 15.4 Å². The molecule has 2 heterocycles. The largest absolute Gasteiger partial charge is 0.479 e. The van der Waals surface area contributed by atoms with Crippen LogP contribution in [0.4, 0.5) is 11.4 Å². The van der Waals surface area contributed by atoms with Crippen molar-refractivity contribution in [3.05, 3.63) is 47.0 Å². The third kappa shape index (κ3) is 4.32. The predicted octanol–water partition coefficient (Wildman–Crippen LogP) is 3.41. The summed E-state index contributed by atoms with van der Waals surface area (Å²) < 4.78 is 33.1. The normalized spacial score (nSPS) is 19.6. The Morgan fingerprint density at radius 3 is 2.66 bits per heavy atom. The molecule has 32 heavy (non-hydrogen) atoms. The Balaban J connectivity index is 1.42. The van der Waals surface area contributed by atoms with Gasteiger partial charge in [-0.1, -0.05) is 17.7 Å². The summed E-state index contributed by atoms with van der Waals surface area (Å²) in [6.07, 6.45) is 0.186. The maximum absolute atomic E-state index is 13.1. The van der Waals surface area contributed by atoms with Crippen LogP contribution in [0.25, 0.3) is 0 Å². The number of nitrogens with zero attached hydrogens (tertiary/aromatic N) is 1. The van der Waals surface area contributed by atoms with E-state index >= 15 is 0 Å². The first kappa shape index (κ1) is 22.6. The van der Waals surface area contributed by atoms with Crippen molar-refractivity contribution in [3.63, 3.8) is 0 Å². The van der Waals surface area contributed by atoms with Gasteiger partial charge in [0.05, 0.1) is 10.6 Å². The van der Waals surface area contributed by atoms with E-state index in [0.29, 0.717) is 35.0 Å². The fourth-order valence-electron chi connectivity index (χ4n) is 3.83. The second-order valence-electron chi connectivity index (χ2n) is 7.99. The van der Waals surface area contributed by atoms with Crippen molar-refractivity contribution in [1.82, 2.24) is 4.31 Å². The Morgan fingerprint density at radius 2 is 1.94 bits per heavy atom. The SMILES string of the molecule is Cc1c(Cl)cccc1NC(=O)C1CCN(S(=O)(=O)c2ccc3c(c2)NC(=O)[C@H](C)O3)CC1. The molecule has 10 heteroatoms. The Kier molecular flexibility index (Phi) is 6.15. The molecule has 0 spiro atoms. The van der Waals surface area contributed by atoms with Gasteiger partial charge in [-0.3, -0.25) is 9.59 Å². The molecule has 2 N–H and O–H groups in total. The van der Waals surface area contributed by atoms with E-state index in [2.05, 4.69) is 10.6 Å². The maximum atomic E-state index is 13.1. The van der Waals surface area contributed by atoms with Crippen molar-refractivity contribution < 1.29 is 22.7 Å². The summed E-state index contributed by atoms with van der Waals surface area (Å²) in [5.41, 5.74) is 1.78. The van der Waals surface area contributed by atoms with E-state index < -0.39 is 16.1 Å². The Labute approximate surface area is 191 Å². The van der Waals surface area contributed by atoms with E-state index in [1.54, 1.807) is 31.2 Å². The lowest BCUT2D eigenvalue weighted by Crippen LogP contribution is -2.41. The summed E-state index contributed by atoms with van der Waals surface area (Å²) in [7, 11) is -3.77. The Hall–Kier alpha value is -2.62. The molecule has 4 rings (SSSR count). The molecule has 2 aromatic carbocycles. The minimum Gasteiger partial charge on any atom is -0.479 e. The maximum Gasteiger partial charge on any atom is 0.265 e. The highest BCUT2D eigenvalue weighted by Crippen LogP contribution is 2.34. The van der Waals surface area contributed by atoms with Crippen LogP contribution in [-0.4, -0.2) is 43.7 Å². The van der Waals surface area contributed by atoms with Gasteiger partial charge in [0, 0.05) is 29.7 Å². The number of carbonyl (C=O) groups excluding carboxylic acids is 2. The van der Waals surface area contributed by atoms with Crippen molar-refractivity contribution in [2.24, 2.45) is 5.92 Å². The van der Waals surface area contributed by atoms with Crippen molar-refractivity contribution in [2.45, 2.75) is 37.7 Å². The number of hydrogen-bond acceptors (Lipinski definition) is 5. The average Bonchev–Trinajstić information content (AvgIpc) is 2.77. The van der Waals surface area contributed by atoms with Gasteiger partial charge in [-0.2, -0.15) is 4.31 Å². The van der Waals surface area contributed by atoms with E-state index in [0.717, 1.165) is 5.56 Å². The quantitative estimate of drug-likeness (QED) is 0.702. The molecule has 2 aliphatic heterocycles. The number of piperidine rings is 1. The highest BCUT2D eigenvalue weighted by molar-refractivity contribution is 7.89. The number of halogens is 1. The molecule has 2 aromatic rings. The van der Waals surface area contributed by atoms with Crippen LogP contribution in [0.2, 0.25) is 5.02 Å². The fourth-order valence-corrected chi connectivity index (χ4v) is 5.50. The molecule has 0 saturated carbocycles. The standard InChI is InChI=1S/C22H24ClN3O5S/c1-13-17(23)4-3-5-18(13)24-22(28)15-8-10-26(11-9-15)32(29,30)16-6-7-20-19(12-16)25-21(27)14(2)31-20/h3-7,12,14-15H,8-11H2,1-2H3,(H,24,28)(H,25,27)/t14-/m0/s1. The molecule has 1 fully saturated rings. The number of anilines is 2. The first-order valence-corrected chi connectivity index (χ1v) is 12.2. The third-order valence-corrected chi connectivity index (χ3v) is 8.17. The zero-order chi connectivity index (χ0) is 23.0. The average molecular weight is 478 g/mol. The summed E-state index contributed by atoms with van der Waals surface area (Å²) in [4.78, 5) is 24.6. The minimum absolute atomic E-state index is 0.0761. The van der Waals surface area contributed by atoms with Crippen molar-refractivity contribution in [1.29, 1.82) is 0 Å². The van der Waals surface area contributed by atoms with E-state index in [9.17, 15) is 18.0 Å². The molecule has 0 aromatic heterocycles. The van der Waals surface area contributed by atoms with Gasteiger partial charge in [-0.25, -0.2) is 8.42 Å². The van der Waals surface area contributed by atoms with E-state index in [-0.39, 0.29) is 35.7 Å². The lowest BCUT2D eigenvalue weighted by Gasteiger charge is -2.31. The smallest absolute Gasteiger partial charge is 0.265 e. The summed E-state index contributed by atoms with van der Waals surface area (Å²) in [5.74, 6) is -0.329. The summed E-state index contributed by atoms with van der Waals surface area (Å²) >= 11 is 6.11.